The predicted octanol–water partition coefficient (Wildman–Crippen LogP) is 1.59. The van der Waals surface area contributed by atoms with E-state index < -0.39 is 36.3 Å². The van der Waals surface area contributed by atoms with Gasteiger partial charge in [-0.15, -0.1) is 0 Å². The lowest BCUT2D eigenvalue weighted by atomic mass is 10.2. The summed E-state index contributed by atoms with van der Waals surface area (Å²) in [6, 6.07) is -1.49. The van der Waals surface area contributed by atoms with Crippen LogP contribution in [0, 0.1) is 0 Å². The van der Waals surface area contributed by atoms with E-state index in [9.17, 15) is 22.8 Å². The van der Waals surface area contributed by atoms with Crippen LogP contribution in [0.5, 0.6) is 0 Å². The standard InChI is InChI=1S/C10H15F3N2O3/c1-6(2)15(5-7(16)17)8(18)14-9(3-4-9)10(11,12)13/h6H,3-5H2,1-2H3,(H,14,18)(H,16,17). The Morgan fingerprint density at radius 3 is 2.17 bits per heavy atom. The zero-order chi connectivity index (χ0) is 14.1. The van der Waals surface area contributed by atoms with Crippen LogP contribution in [0.1, 0.15) is 26.7 Å². The molecule has 0 aromatic heterocycles. The van der Waals surface area contributed by atoms with Gasteiger partial charge in [0.1, 0.15) is 12.1 Å². The van der Waals surface area contributed by atoms with Crippen molar-refractivity contribution in [1.29, 1.82) is 0 Å². The molecule has 104 valence electrons. The third-order valence-electron chi connectivity index (χ3n) is 2.83. The molecule has 0 bridgehead atoms. The van der Waals surface area contributed by atoms with Crippen molar-refractivity contribution >= 4 is 12.0 Å². The number of carboxylic acids is 1. The summed E-state index contributed by atoms with van der Waals surface area (Å²) in [5, 5.41) is 10.5. The van der Waals surface area contributed by atoms with Gasteiger partial charge >= 0.3 is 18.2 Å². The highest BCUT2D eigenvalue weighted by molar-refractivity contribution is 5.81. The Hall–Kier alpha value is -1.47. The first-order valence-corrected chi connectivity index (χ1v) is 5.46. The molecule has 1 fully saturated rings. The average molecular weight is 268 g/mol. The molecular weight excluding hydrogens is 253 g/mol. The number of hydrogen-bond donors (Lipinski definition) is 2. The Labute approximate surface area is 102 Å². The second kappa shape index (κ2) is 4.66. The number of nitrogens with zero attached hydrogens (tertiary/aromatic N) is 1. The summed E-state index contributed by atoms with van der Waals surface area (Å²) < 4.78 is 37.9. The summed E-state index contributed by atoms with van der Waals surface area (Å²) in [6.07, 6.45) is -4.84. The summed E-state index contributed by atoms with van der Waals surface area (Å²) >= 11 is 0. The van der Waals surface area contributed by atoms with Gasteiger partial charge in [0.25, 0.3) is 0 Å². The highest BCUT2D eigenvalue weighted by Crippen LogP contribution is 2.48. The molecule has 0 heterocycles. The van der Waals surface area contributed by atoms with Crippen molar-refractivity contribution in [3.05, 3.63) is 0 Å². The molecule has 0 spiro atoms. The highest BCUT2D eigenvalue weighted by atomic mass is 19.4. The Balaban J connectivity index is 2.71. The van der Waals surface area contributed by atoms with Crippen molar-refractivity contribution in [2.24, 2.45) is 0 Å². The molecule has 1 aliphatic rings. The second-order valence-corrected chi connectivity index (χ2v) is 4.63. The zero-order valence-corrected chi connectivity index (χ0v) is 10.0. The number of carboxylic acid groups (broad SMARTS) is 1. The van der Waals surface area contributed by atoms with Crippen LogP contribution in [0.4, 0.5) is 18.0 Å². The molecule has 18 heavy (non-hydrogen) atoms. The van der Waals surface area contributed by atoms with Gasteiger partial charge in [0, 0.05) is 6.04 Å². The Morgan fingerprint density at radius 1 is 1.39 bits per heavy atom. The first-order valence-electron chi connectivity index (χ1n) is 5.46. The summed E-state index contributed by atoms with van der Waals surface area (Å²) in [5.74, 6) is -1.27. The maximum Gasteiger partial charge on any atom is 0.411 e. The van der Waals surface area contributed by atoms with E-state index in [1.165, 1.54) is 13.8 Å². The van der Waals surface area contributed by atoms with E-state index in [0.29, 0.717) is 0 Å². The van der Waals surface area contributed by atoms with E-state index in [1.54, 1.807) is 0 Å². The molecule has 0 atom stereocenters. The maximum atomic E-state index is 12.6. The van der Waals surface area contributed by atoms with E-state index in [4.69, 9.17) is 5.11 Å². The van der Waals surface area contributed by atoms with Crippen LogP contribution < -0.4 is 5.32 Å². The number of hydrogen-bond acceptors (Lipinski definition) is 2. The van der Waals surface area contributed by atoms with Crippen molar-refractivity contribution in [2.45, 2.75) is 44.4 Å². The molecule has 0 aliphatic heterocycles. The van der Waals surface area contributed by atoms with Gasteiger partial charge in [0.05, 0.1) is 0 Å². The SMILES string of the molecule is CC(C)N(CC(=O)O)C(=O)NC1(C(F)(F)F)CC1. The van der Waals surface area contributed by atoms with E-state index in [1.807, 2.05) is 5.32 Å². The first-order chi connectivity index (χ1) is 8.09. The molecule has 1 saturated carbocycles. The predicted molar refractivity (Wildman–Crippen MR) is 56.0 cm³/mol. The molecule has 2 N–H and O–H groups in total. The Bertz CT molecular complexity index is 351. The lowest BCUT2D eigenvalue weighted by Crippen LogP contribution is -2.55. The molecule has 1 rings (SSSR count). The van der Waals surface area contributed by atoms with Gasteiger partial charge in [0.2, 0.25) is 0 Å². The maximum absolute atomic E-state index is 12.6. The van der Waals surface area contributed by atoms with Gasteiger partial charge in [-0.1, -0.05) is 0 Å². The van der Waals surface area contributed by atoms with Gasteiger partial charge in [-0.3, -0.25) is 4.79 Å². The molecule has 0 aromatic carbocycles. The number of carbonyl (C=O) groups excluding carboxylic acids is 1. The minimum Gasteiger partial charge on any atom is -0.480 e. The van der Waals surface area contributed by atoms with Crippen LogP contribution in [0.2, 0.25) is 0 Å². The van der Waals surface area contributed by atoms with Gasteiger partial charge < -0.3 is 15.3 Å². The molecular formula is C10H15F3N2O3. The zero-order valence-electron chi connectivity index (χ0n) is 10.0. The quantitative estimate of drug-likeness (QED) is 0.813. The summed E-state index contributed by atoms with van der Waals surface area (Å²) in [5.41, 5.74) is -2.17. The number of carbonyl (C=O) groups is 2. The number of alkyl halides is 3. The molecule has 0 saturated heterocycles. The Kier molecular flexibility index (Phi) is 3.78. The molecule has 0 unspecified atom stereocenters. The molecule has 8 heteroatoms. The van der Waals surface area contributed by atoms with Crippen molar-refractivity contribution in [2.75, 3.05) is 6.54 Å². The minimum absolute atomic E-state index is 0.165. The van der Waals surface area contributed by atoms with Gasteiger partial charge in [-0.05, 0) is 26.7 Å². The monoisotopic (exact) mass is 268 g/mol. The van der Waals surface area contributed by atoms with E-state index >= 15 is 0 Å². The van der Waals surface area contributed by atoms with Crippen molar-refractivity contribution in [3.63, 3.8) is 0 Å². The van der Waals surface area contributed by atoms with Crippen LogP contribution in [0.25, 0.3) is 0 Å². The number of aliphatic carboxylic acids is 1. The van der Waals surface area contributed by atoms with Crippen LogP contribution >= 0.6 is 0 Å². The van der Waals surface area contributed by atoms with Crippen molar-refractivity contribution < 1.29 is 27.9 Å². The lowest BCUT2D eigenvalue weighted by molar-refractivity contribution is -0.163. The highest BCUT2D eigenvalue weighted by Gasteiger charge is 2.64. The van der Waals surface area contributed by atoms with Crippen molar-refractivity contribution in [3.8, 4) is 0 Å². The number of nitrogens with one attached hydrogen (secondary N) is 1. The smallest absolute Gasteiger partial charge is 0.411 e. The van der Waals surface area contributed by atoms with Gasteiger partial charge in [0.15, 0.2) is 0 Å². The lowest BCUT2D eigenvalue weighted by Gasteiger charge is -2.29. The number of halogens is 3. The number of urea groups is 1. The second-order valence-electron chi connectivity index (χ2n) is 4.63. The average Bonchev–Trinajstić information content (AvgIpc) is 2.93. The van der Waals surface area contributed by atoms with Gasteiger partial charge in [-0.25, -0.2) is 4.79 Å². The summed E-state index contributed by atoms with van der Waals surface area (Å²) in [7, 11) is 0. The van der Waals surface area contributed by atoms with Crippen LogP contribution in [0.3, 0.4) is 0 Å². The summed E-state index contributed by atoms with van der Waals surface area (Å²) in [4.78, 5) is 23.1. The topological polar surface area (TPSA) is 69.6 Å². The molecule has 1 aliphatic carbocycles. The van der Waals surface area contributed by atoms with Crippen LogP contribution in [-0.2, 0) is 4.79 Å². The third-order valence-corrected chi connectivity index (χ3v) is 2.83. The summed E-state index contributed by atoms with van der Waals surface area (Å²) in [6.45, 7) is 2.45. The van der Waals surface area contributed by atoms with E-state index in [2.05, 4.69) is 0 Å². The third kappa shape index (κ3) is 3.05. The largest absolute Gasteiger partial charge is 0.480 e. The van der Waals surface area contributed by atoms with E-state index in [0.717, 1.165) is 4.90 Å². The first kappa shape index (κ1) is 14.6. The number of rotatable bonds is 4. The van der Waals surface area contributed by atoms with Gasteiger partial charge in [-0.2, -0.15) is 13.2 Å². The molecule has 0 aromatic rings. The Morgan fingerprint density at radius 2 is 1.89 bits per heavy atom. The fraction of sp³-hybridized carbons (Fsp3) is 0.800. The van der Waals surface area contributed by atoms with Crippen molar-refractivity contribution in [1.82, 2.24) is 10.2 Å². The van der Waals surface area contributed by atoms with E-state index in [-0.39, 0.29) is 12.8 Å². The van der Waals surface area contributed by atoms with Crippen LogP contribution in [-0.4, -0.2) is 46.3 Å². The fourth-order valence-corrected chi connectivity index (χ4v) is 1.52. The fourth-order valence-electron chi connectivity index (χ4n) is 1.52. The number of amides is 2. The molecule has 2 amide bonds. The van der Waals surface area contributed by atoms with Crippen LogP contribution in [0.15, 0.2) is 0 Å². The molecule has 5 nitrogen and oxygen atoms in total. The molecule has 0 radical (unpaired) electrons. The normalized spacial score (nSPS) is 17.4. The minimum atomic E-state index is -4.51.